The van der Waals surface area contributed by atoms with Crippen molar-refractivity contribution in [2.75, 3.05) is 13.6 Å². The number of likely N-dealkylation sites (N-methyl/N-ethyl adjacent to an activating group) is 1. The summed E-state index contributed by atoms with van der Waals surface area (Å²) >= 11 is 0. The van der Waals surface area contributed by atoms with Crippen molar-refractivity contribution < 1.29 is 0 Å². The molecule has 2 saturated carbocycles. The van der Waals surface area contributed by atoms with Crippen molar-refractivity contribution in [1.29, 1.82) is 0 Å². The molecule has 0 spiro atoms. The highest BCUT2D eigenvalue weighted by Gasteiger charge is 2.44. The molecule has 2 aliphatic carbocycles. The zero-order chi connectivity index (χ0) is 13.4. The number of likely N-dealkylation sites (tertiary alicyclic amines) is 1. The van der Waals surface area contributed by atoms with Gasteiger partial charge in [0.1, 0.15) is 0 Å². The van der Waals surface area contributed by atoms with Crippen molar-refractivity contribution in [1.82, 2.24) is 10.2 Å². The van der Waals surface area contributed by atoms with Gasteiger partial charge in [0.15, 0.2) is 0 Å². The highest BCUT2D eigenvalue weighted by Crippen LogP contribution is 2.42. The van der Waals surface area contributed by atoms with Gasteiger partial charge in [-0.25, -0.2) is 0 Å². The summed E-state index contributed by atoms with van der Waals surface area (Å²) in [7, 11) is 2.18. The summed E-state index contributed by atoms with van der Waals surface area (Å²) in [6, 6.07) is 2.44. The van der Waals surface area contributed by atoms with Gasteiger partial charge >= 0.3 is 0 Å². The number of fused-ring (bicyclic) bond motifs is 1. The van der Waals surface area contributed by atoms with Crippen LogP contribution in [0.25, 0.3) is 0 Å². The summed E-state index contributed by atoms with van der Waals surface area (Å²) in [5.74, 6) is 2.79. The van der Waals surface area contributed by atoms with E-state index in [1.807, 2.05) is 0 Å². The molecule has 19 heavy (non-hydrogen) atoms. The van der Waals surface area contributed by atoms with Gasteiger partial charge in [0, 0.05) is 18.1 Å². The molecule has 2 heteroatoms. The standard InChI is InChI=1S/C17H32N2/c1-12-10-13(2)17(15(11-12)18-3)19-9-8-14-6-4-5-7-16(14)19/h12-18H,4-11H2,1-3H3. The van der Waals surface area contributed by atoms with Crippen molar-refractivity contribution in [2.24, 2.45) is 17.8 Å². The summed E-state index contributed by atoms with van der Waals surface area (Å²) in [6.45, 7) is 6.31. The fourth-order valence-electron chi connectivity index (χ4n) is 5.50. The molecule has 110 valence electrons. The monoisotopic (exact) mass is 264 g/mol. The molecule has 1 saturated heterocycles. The molecule has 1 aliphatic heterocycles. The Labute approximate surface area is 119 Å². The van der Waals surface area contributed by atoms with Crippen molar-refractivity contribution in [3.05, 3.63) is 0 Å². The Kier molecular flexibility index (Phi) is 4.19. The molecule has 6 atom stereocenters. The summed E-state index contributed by atoms with van der Waals surface area (Å²) in [5.41, 5.74) is 0. The molecule has 0 aromatic heterocycles. The predicted molar refractivity (Wildman–Crippen MR) is 81.3 cm³/mol. The van der Waals surface area contributed by atoms with E-state index in [4.69, 9.17) is 0 Å². The maximum atomic E-state index is 3.65. The molecule has 6 unspecified atom stereocenters. The fraction of sp³-hybridized carbons (Fsp3) is 1.00. The lowest BCUT2D eigenvalue weighted by Gasteiger charge is -2.47. The minimum absolute atomic E-state index is 0.722. The summed E-state index contributed by atoms with van der Waals surface area (Å²) < 4.78 is 0. The maximum Gasteiger partial charge on any atom is 0.0278 e. The first kappa shape index (κ1) is 13.9. The molecule has 0 aromatic carbocycles. The molecule has 0 bridgehead atoms. The second-order valence-corrected chi connectivity index (χ2v) is 7.58. The van der Waals surface area contributed by atoms with E-state index in [1.165, 1.54) is 51.5 Å². The zero-order valence-electron chi connectivity index (χ0n) is 13.1. The van der Waals surface area contributed by atoms with Gasteiger partial charge in [-0.1, -0.05) is 26.7 Å². The van der Waals surface area contributed by atoms with Crippen LogP contribution < -0.4 is 5.32 Å². The second kappa shape index (κ2) is 5.73. The molecule has 1 heterocycles. The summed E-state index contributed by atoms with van der Waals surface area (Å²) in [4.78, 5) is 2.93. The van der Waals surface area contributed by atoms with E-state index in [9.17, 15) is 0 Å². The van der Waals surface area contributed by atoms with E-state index >= 15 is 0 Å². The molecule has 3 fully saturated rings. The van der Waals surface area contributed by atoms with Crippen LogP contribution in [0.4, 0.5) is 0 Å². The van der Waals surface area contributed by atoms with Gasteiger partial charge in [0.25, 0.3) is 0 Å². The van der Waals surface area contributed by atoms with Gasteiger partial charge in [-0.15, -0.1) is 0 Å². The van der Waals surface area contributed by atoms with E-state index in [0.29, 0.717) is 0 Å². The van der Waals surface area contributed by atoms with Gasteiger partial charge in [-0.3, -0.25) is 4.90 Å². The predicted octanol–water partition coefficient (Wildman–Crippen LogP) is 3.27. The smallest absolute Gasteiger partial charge is 0.0278 e. The molecule has 0 radical (unpaired) electrons. The molecule has 3 aliphatic rings. The molecule has 1 N–H and O–H groups in total. The molecular formula is C17H32N2. The lowest BCUT2D eigenvalue weighted by Crippen LogP contribution is -2.57. The van der Waals surface area contributed by atoms with Crippen LogP contribution in [-0.2, 0) is 0 Å². The lowest BCUT2D eigenvalue weighted by atomic mass is 9.75. The van der Waals surface area contributed by atoms with E-state index in [-0.39, 0.29) is 0 Å². The van der Waals surface area contributed by atoms with Crippen LogP contribution in [-0.4, -0.2) is 36.6 Å². The third-order valence-corrected chi connectivity index (χ3v) is 6.23. The van der Waals surface area contributed by atoms with Crippen LogP contribution in [0.3, 0.4) is 0 Å². The van der Waals surface area contributed by atoms with Gasteiger partial charge in [0.2, 0.25) is 0 Å². The van der Waals surface area contributed by atoms with Crippen LogP contribution in [0.2, 0.25) is 0 Å². The van der Waals surface area contributed by atoms with Crippen molar-refractivity contribution in [3.63, 3.8) is 0 Å². The Morgan fingerprint density at radius 3 is 2.58 bits per heavy atom. The van der Waals surface area contributed by atoms with Gasteiger partial charge in [-0.2, -0.15) is 0 Å². The van der Waals surface area contributed by atoms with Crippen LogP contribution >= 0.6 is 0 Å². The Morgan fingerprint density at radius 1 is 1.00 bits per heavy atom. The van der Waals surface area contributed by atoms with E-state index in [1.54, 1.807) is 0 Å². The number of hydrogen-bond donors (Lipinski definition) is 1. The third-order valence-electron chi connectivity index (χ3n) is 6.23. The zero-order valence-corrected chi connectivity index (χ0v) is 13.1. The second-order valence-electron chi connectivity index (χ2n) is 7.58. The van der Waals surface area contributed by atoms with E-state index in [0.717, 1.165) is 35.9 Å². The first-order chi connectivity index (χ1) is 9.20. The lowest BCUT2D eigenvalue weighted by molar-refractivity contribution is 0.0382. The Balaban J connectivity index is 1.75. The number of hydrogen-bond acceptors (Lipinski definition) is 2. The minimum Gasteiger partial charge on any atom is -0.315 e. The van der Waals surface area contributed by atoms with E-state index < -0.39 is 0 Å². The Hall–Kier alpha value is -0.0800. The first-order valence-electron chi connectivity index (χ1n) is 8.63. The normalized spacial score (nSPS) is 48.2. The van der Waals surface area contributed by atoms with E-state index in [2.05, 4.69) is 31.1 Å². The maximum absolute atomic E-state index is 3.65. The third kappa shape index (κ3) is 2.58. The van der Waals surface area contributed by atoms with Crippen molar-refractivity contribution in [2.45, 2.75) is 76.9 Å². The van der Waals surface area contributed by atoms with Gasteiger partial charge in [0.05, 0.1) is 0 Å². The minimum atomic E-state index is 0.722. The fourth-order valence-corrected chi connectivity index (χ4v) is 5.50. The number of nitrogens with zero attached hydrogens (tertiary/aromatic N) is 1. The molecular weight excluding hydrogens is 232 g/mol. The van der Waals surface area contributed by atoms with Gasteiger partial charge < -0.3 is 5.32 Å². The molecule has 0 aromatic rings. The van der Waals surface area contributed by atoms with Crippen LogP contribution in [0.15, 0.2) is 0 Å². The Morgan fingerprint density at radius 2 is 1.79 bits per heavy atom. The van der Waals surface area contributed by atoms with Crippen molar-refractivity contribution >= 4 is 0 Å². The summed E-state index contributed by atoms with van der Waals surface area (Å²) in [5, 5.41) is 3.65. The van der Waals surface area contributed by atoms with Crippen LogP contribution in [0, 0.1) is 17.8 Å². The van der Waals surface area contributed by atoms with Gasteiger partial charge in [-0.05, 0) is 63.5 Å². The molecule has 3 rings (SSSR count). The Bertz CT molecular complexity index is 304. The highest BCUT2D eigenvalue weighted by molar-refractivity contribution is 5.00. The molecule has 2 nitrogen and oxygen atoms in total. The topological polar surface area (TPSA) is 15.3 Å². The van der Waals surface area contributed by atoms with Crippen molar-refractivity contribution in [3.8, 4) is 0 Å². The summed E-state index contributed by atoms with van der Waals surface area (Å²) in [6.07, 6.45) is 10.2. The highest BCUT2D eigenvalue weighted by atomic mass is 15.2. The molecule has 0 amide bonds. The quantitative estimate of drug-likeness (QED) is 0.823. The average molecular weight is 264 g/mol. The number of rotatable bonds is 2. The van der Waals surface area contributed by atoms with Crippen LogP contribution in [0.5, 0.6) is 0 Å². The average Bonchev–Trinajstić information content (AvgIpc) is 2.81. The largest absolute Gasteiger partial charge is 0.315 e. The first-order valence-corrected chi connectivity index (χ1v) is 8.63. The SMILES string of the molecule is CNC1CC(C)CC(C)C1N1CCC2CCCCC21. The number of nitrogens with one attached hydrogen (secondary N) is 1. The van der Waals surface area contributed by atoms with Crippen LogP contribution in [0.1, 0.15) is 58.8 Å².